The summed E-state index contributed by atoms with van der Waals surface area (Å²) >= 11 is 0. The maximum atomic E-state index is 10.3. The number of hydrogen-bond donors (Lipinski definition) is 4. The fourth-order valence-corrected chi connectivity index (χ4v) is 1.06. The van der Waals surface area contributed by atoms with Crippen LogP contribution in [0.5, 0.6) is 0 Å². The van der Waals surface area contributed by atoms with Crippen LogP contribution in [0.3, 0.4) is 0 Å². The van der Waals surface area contributed by atoms with Gasteiger partial charge in [-0.05, 0) is 6.07 Å². The van der Waals surface area contributed by atoms with E-state index in [1.807, 2.05) is 0 Å². The summed E-state index contributed by atoms with van der Waals surface area (Å²) < 4.78 is 20.8. The standard InChI is InChI=1S/C4H4N2O4S.H4N2/c7-4(8)6-3(11(9)10)1-2-5-6;1-2/h1-2,5H,(H,7,8);1-2H2. The van der Waals surface area contributed by atoms with Gasteiger partial charge in [0.25, 0.3) is 0 Å². The van der Waals surface area contributed by atoms with Crippen LogP contribution in [-0.4, -0.2) is 29.4 Å². The summed E-state index contributed by atoms with van der Waals surface area (Å²) in [5.74, 6) is 8.00. The van der Waals surface area contributed by atoms with Gasteiger partial charge >= 0.3 is 6.09 Å². The van der Waals surface area contributed by atoms with Gasteiger partial charge in [-0.15, -0.1) is 0 Å². The molecule has 0 aliphatic carbocycles. The van der Waals surface area contributed by atoms with Gasteiger partial charge in [0.1, 0.15) is 0 Å². The van der Waals surface area contributed by atoms with E-state index < -0.39 is 16.4 Å². The van der Waals surface area contributed by atoms with Gasteiger partial charge in [-0.3, -0.25) is 16.8 Å². The van der Waals surface area contributed by atoms with Crippen LogP contribution in [0.25, 0.3) is 0 Å². The lowest BCUT2D eigenvalue weighted by Gasteiger charge is -1.88. The molecule has 0 aliphatic heterocycles. The molecule has 0 aromatic carbocycles. The van der Waals surface area contributed by atoms with Crippen molar-refractivity contribution >= 4 is 16.4 Å². The molecule has 1 rings (SSSR count). The van der Waals surface area contributed by atoms with Crippen LogP contribution in [0.1, 0.15) is 0 Å². The Morgan fingerprint density at radius 1 is 1.54 bits per heavy atom. The Morgan fingerprint density at radius 2 is 2.08 bits per heavy atom. The fraction of sp³-hybridized carbons (Fsp3) is 0. The predicted octanol–water partition coefficient (Wildman–Crippen LogP) is -1.43. The molecule has 0 saturated carbocycles. The van der Waals surface area contributed by atoms with Gasteiger partial charge in [-0.25, -0.2) is 4.79 Å². The first-order chi connectivity index (χ1) is 6.13. The molecular weight excluding hydrogens is 200 g/mol. The average Bonchev–Trinajstić information content (AvgIpc) is 2.55. The second-order valence-electron chi connectivity index (χ2n) is 1.65. The number of nitrogens with one attached hydrogen (secondary N) is 1. The second kappa shape index (κ2) is 5.13. The van der Waals surface area contributed by atoms with Gasteiger partial charge in [-0.1, -0.05) is 0 Å². The van der Waals surface area contributed by atoms with Crippen molar-refractivity contribution in [2.24, 2.45) is 11.7 Å². The molecule has 0 aliphatic rings. The quantitative estimate of drug-likeness (QED) is 0.234. The van der Waals surface area contributed by atoms with Crippen molar-refractivity contribution in [2.45, 2.75) is 0 Å². The van der Waals surface area contributed by atoms with Gasteiger partial charge < -0.3 is 5.11 Å². The summed E-state index contributed by atoms with van der Waals surface area (Å²) in [4.78, 5) is 10.2. The van der Waals surface area contributed by atoms with E-state index in [1.165, 1.54) is 6.20 Å². The summed E-state index contributed by atoms with van der Waals surface area (Å²) in [5, 5.41) is 10.6. The number of nitrogens with zero attached hydrogens (tertiary/aromatic N) is 1. The molecule has 13 heavy (non-hydrogen) atoms. The van der Waals surface area contributed by atoms with E-state index in [0.717, 1.165) is 6.07 Å². The van der Waals surface area contributed by atoms with Crippen LogP contribution in [0.2, 0.25) is 0 Å². The third-order valence-electron chi connectivity index (χ3n) is 1.01. The van der Waals surface area contributed by atoms with Crippen molar-refractivity contribution in [1.82, 2.24) is 9.78 Å². The van der Waals surface area contributed by atoms with Crippen LogP contribution >= 0.6 is 0 Å². The minimum atomic E-state index is -2.53. The zero-order valence-electron chi connectivity index (χ0n) is 6.34. The Kier molecular flexibility index (Phi) is 4.51. The number of H-pyrrole nitrogens is 1. The van der Waals surface area contributed by atoms with Gasteiger partial charge in [0.2, 0.25) is 10.3 Å². The molecule has 74 valence electrons. The molecule has 0 spiro atoms. The van der Waals surface area contributed by atoms with Crippen LogP contribution in [0, 0.1) is 4.64 Å². The lowest BCUT2D eigenvalue weighted by Crippen LogP contribution is -2.09. The van der Waals surface area contributed by atoms with Crippen molar-refractivity contribution in [3.63, 3.8) is 0 Å². The molecule has 0 atom stereocenters. The molecule has 1 heterocycles. The maximum Gasteiger partial charge on any atom is 0.431 e. The van der Waals surface area contributed by atoms with E-state index in [4.69, 9.17) is 5.11 Å². The van der Waals surface area contributed by atoms with Gasteiger partial charge in [0, 0.05) is 6.20 Å². The monoisotopic (exact) mass is 208 g/mol. The Morgan fingerprint density at radius 3 is 2.38 bits per heavy atom. The minimum absolute atomic E-state index is 0.308. The molecule has 0 radical (unpaired) electrons. The molecule has 0 amide bonds. The lowest BCUT2D eigenvalue weighted by atomic mass is 10.7. The molecular formula is C4H8N4O4S. The van der Waals surface area contributed by atoms with Crippen molar-refractivity contribution < 1.29 is 18.3 Å². The van der Waals surface area contributed by atoms with Crippen LogP contribution in [0.4, 0.5) is 4.79 Å². The van der Waals surface area contributed by atoms with Gasteiger partial charge in [0.05, 0.1) is 0 Å². The molecule has 0 fully saturated rings. The zero-order valence-corrected chi connectivity index (χ0v) is 7.15. The van der Waals surface area contributed by atoms with E-state index in [-0.39, 0.29) is 4.64 Å². The molecule has 9 heteroatoms. The third kappa shape index (κ3) is 2.74. The first-order valence-corrected chi connectivity index (χ1v) is 3.95. The average molecular weight is 208 g/mol. The number of aromatic amines is 1. The van der Waals surface area contributed by atoms with E-state index in [9.17, 15) is 13.2 Å². The van der Waals surface area contributed by atoms with Crippen LogP contribution in [0.15, 0.2) is 12.3 Å². The largest absolute Gasteiger partial charge is 0.463 e. The molecule has 1 aromatic heterocycles. The highest BCUT2D eigenvalue weighted by Gasteiger charge is 2.01. The second-order valence-corrected chi connectivity index (χ2v) is 2.54. The number of rotatable bonds is 0. The van der Waals surface area contributed by atoms with Crippen LogP contribution in [-0.2, 0) is 10.3 Å². The summed E-state index contributed by atoms with van der Waals surface area (Å²) in [6.07, 6.45) is -0.145. The Balaban J connectivity index is 0.000000671. The molecule has 6 N–H and O–H groups in total. The SMILES string of the molecule is NN.O=C(O)n1[nH]ccc1=S(=O)=O. The van der Waals surface area contributed by atoms with E-state index in [0.29, 0.717) is 4.68 Å². The summed E-state index contributed by atoms with van der Waals surface area (Å²) in [5.41, 5.74) is 0. The number of hydrazine groups is 1. The Bertz CT molecular complexity index is 433. The summed E-state index contributed by atoms with van der Waals surface area (Å²) in [7, 11) is -2.53. The molecule has 1 aromatic rings. The molecule has 0 saturated heterocycles. The van der Waals surface area contributed by atoms with Crippen molar-refractivity contribution in [3.8, 4) is 0 Å². The van der Waals surface area contributed by atoms with Gasteiger partial charge in [-0.2, -0.15) is 13.1 Å². The van der Waals surface area contributed by atoms with Crippen molar-refractivity contribution in [1.29, 1.82) is 0 Å². The molecule has 8 nitrogen and oxygen atoms in total. The highest BCUT2D eigenvalue weighted by molar-refractivity contribution is 7.63. The van der Waals surface area contributed by atoms with Crippen molar-refractivity contribution in [2.75, 3.05) is 0 Å². The van der Waals surface area contributed by atoms with Gasteiger partial charge in [0.15, 0.2) is 4.64 Å². The molecule has 0 bridgehead atoms. The number of nitrogens with two attached hydrogens (primary N) is 2. The Hall–Kier alpha value is -1.58. The number of hydrogen-bond acceptors (Lipinski definition) is 5. The maximum absolute atomic E-state index is 10.3. The predicted molar refractivity (Wildman–Crippen MR) is 42.7 cm³/mol. The van der Waals surface area contributed by atoms with E-state index in [2.05, 4.69) is 16.8 Å². The van der Waals surface area contributed by atoms with E-state index in [1.54, 1.807) is 0 Å². The normalized spacial score (nSPS) is 8.46. The highest BCUT2D eigenvalue weighted by atomic mass is 32.2. The first kappa shape index (κ1) is 11.4. The Labute approximate surface area is 73.9 Å². The number of aromatic nitrogens is 2. The first-order valence-electron chi connectivity index (χ1n) is 2.88. The smallest absolute Gasteiger partial charge is 0.431 e. The lowest BCUT2D eigenvalue weighted by molar-refractivity contribution is 0.192. The summed E-state index contributed by atoms with van der Waals surface area (Å²) in [6.45, 7) is 0. The number of carboxylic acid groups (broad SMARTS) is 1. The number of carbonyl (C=O) groups is 1. The third-order valence-corrected chi connectivity index (χ3v) is 1.67. The van der Waals surface area contributed by atoms with E-state index >= 15 is 0 Å². The highest BCUT2D eigenvalue weighted by Crippen LogP contribution is 1.86. The fourth-order valence-electron chi connectivity index (χ4n) is 0.601. The molecule has 0 unspecified atom stereocenters. The van der Waals surface area contributed by atoms with Crippen LogP contribution < -0.4 is 11.7 Å². The zero-order chi connectivity index (χ0) is 10.4. The summed E-state index contributed by atoms with van der Waals surface area (Å²) in [6, 6.07) is 1.15. The minimum Gasteiger partial charge on any atom is -0.463 e. The topological polar surface area (TPSA) is 144 Å². The van der Waals surface area contributed by atoms with Crippen molar-refractivity contribution in [3.05, 3.63) is 16.9 Å².